The topological polar surface area (TPSA) is 104 Å². The van der Waals surface area contributed by atoms with E-state index in [0.29, 0.717) is 21.4 Å². The molecule has 2 aromatic heterocycles. The Morgan fingerprint density at radius 3 is 2.29 bits per heavy atom. The molecule has 4 aromatic rings. The number of nitrogens with two attached hydrogens (primary N) is 2. The van der Waals surface area contributed by atoms with E-state index in [4.69, 9.17) is 11.5 Å². The highest BCUT2D eigenvalue weighted by molar-refractivity contribution is 7.99. The average Bonchev–Trinajstić information content (AvgIpc) is 2.70. The van der Waals surface area contributed by atoms with Crippen LogP contribution in [0.15, 0.2) is 77.2 Å². The maximum atomic E-state index is 14.6. The third-order valence-corrected chi connectivity index (χ3v) is 4.99. The molecular formula is C20H15FN6S. The highest BCUT2D eigenvalue weighted by Crippen LogP contribution is 2.37. The zero-order chi connectivity index (χ0) is 19.5. The van der Waals surface area contributed by atoms with Crippen molar-refractivity contribution in [1.82, 2.24) is 19.9 Å². The summed E-state index contributed by atoms with van der Waals surface area (Å²) < 4.78 is 14.6. The molecule has 0 atom stereocenters. The van der Waals surface area contributed by atoms with E-state index >= 15 is 0 Å². The maximum Gasteiger partial charge on any atom is 0.143 e. The largest absolute Gasteiger partial charge is 0.382 e. The van der Waals surface area contributed by atoms with E-state index < -0.39 is 0 Å². The normalized spacial score (nSPS) is 10.8. The van der Waals surface area contributed by atoms with Crippen molar-refractivity contribution in [1.29, 1.82) is 0 Å². The second kappa shape index (κ2) is 7.61. The highest BCUT2D eigenvalue weighted by Gasteiger charge is 2.13. The summed E-state index contributed by atoms with van der Waals surface area (Å²) in [5.41, 5.74) is 14.5. The lowest BCUT2D eigenvalue weighted by Gasteiger charge is -2.11. The predicted octanol–water partition coefficient (Wildman–Crippen LogP) is 4.06. The molecule has 4 N–H and O–H groups in total. The van der Waals surface area contributed by atoms with Crippen LogP contribution in [0.3, 0.4) is 0 Å². The fourth-order valence-corrected chi connectivity index (χ4v) is 3.60. The molecule has 28 heavy (non-hydrogen) atoms. The molecule has 0 radical (unpaired) electrons. The van der Waals surface area contributed by atoms with Crippen LogP contribution in [0.25, 0.3) is 22.4 Å². The molecule has 4 rings (SSSR count). The number of benzene rings is 2. The summed E-state index contributed by atoms with van der Waals surface area (Å²) in [7, 11) is 0. The number of aromatic nitrogens is 4. The van der Waals surface area contributed by atoms with E-state index in [-0.39, 0.29) is 11.6 Å². The van der Waals surface area contributed by atoms with Crippen LogP contribution in [0.2, 0.25) is 0 Å². The first kappa shape index (κ1) is 17.9. The Labute approximate surface area is 164 Å². The molecule has 0 aliphatic heterocycles. The summed E-state index contributed by atoms with van der Waals surface area (Å²) in [6.07, 6.45) is 6.13. The van der Waals surface area contributed by atoms with Crippen LogP contribution in [-0.4, -0.2) is 19.9 Å². The van der Waals surface area contributed by atoms with E-state index in [1.54, 1.807) is 18.5 Å². The van der Waals surface area contributed by atoms with E-state index in [0.717, 1.165) is 16.7 Å². The van der Waals surface area contributed by atoms with E-state index in [1.807, 2.05) is 30.3 Å². The average molecular weight is 390 g/mol. The summed E-state index contributed by atoms with van der Waals surface area (Å²) in [5, 5.41) is 0.528. The van der Waals surface area contributed by atoms with Crippen molar-refractivity contribution in [3.63, 3.8) is 0 Å². The van der Waals surface area contributed by atoms with Crippen molar-refractivity contribution in [2.24, 2.45) is 0 Å². The Morgan fingerprint density at radius 1 is 0.786 bits per heavy atom. The SMILES string of the molecule is Nc1cnc(-c2ccc(-c3cccc(F)c3Sc3cncc(N)n3)cc2)cn1. The molecule has 0 saturated heterocycles. The van der Waals surface area contributed by atoms with Crippen molar-refractivity contribution >= 4 is 23.4 Å². The number of hydrogen-bond acceptors (Lipinski definition) is 7. The molecule has 0 amide bonds. The Hall–Kier alpha value is -3.52. The van der Waals surface area contributed by atoms with Gasteiger partial charge in [0, 0.05) is 5.56 Å². The smallest absolute Gasteiger partial charge is 0.143 e. The van der Waals surface area contributed by atoms with E-state index in [2.05, 4.69) is 19.9 Å². The van der Waals surface area contributed by atoms with Crippen molar-refractivity contribution in [2.45, 2.75) is 9.92 Å². The van der Waals surface area contributed by atoms with Gasteiger partial charge in [0.1, 0.15) is 22.5 Å². The Bertz CT molecular complexity index is 1120. The van der Waals surface area contributed by atoms with Gasteiger partial charge in [-0.3, -0.25) is 9.97 Å². The number of nitrogen functional groups attached to an aromatic ring is 2. The number of hydrogen-bond donors (Lipinski definition) is 2. The fraction of sp³-hybridized carbons (Fsp3) is 0. The minimum atomic E-state index is -0.333. The first-order valence-corrected chi connectivity index (χ1v) is 9.14. The molecule has 2 aromatic carbocycles. The first-order valence-electron chi connectivity index (χ1n) is 8.32. The van der Waals surface area contributed by atoms with Crippen LogP contribution in [0, 0.1) is 5.82 Å². The van der Waals surface area contributed by atoms with Gasteiger partial charge in [-0.05, 0) is 17.2 Å². The lowest BCUT2D eigenvalue weighted by atomic mass is 10.0. The molecule has 0 bridgehead atoms. The molecule has 0 unspecified atom stereocenters. The number of anilines is 2. The quantitative estimate of drug-likeness (QED) is 0.541. The molecule has 0 aliphatic carbocycles. The second-order valence-corrected chi connectivity index (χ2v) is 6.94. The zero-order valence-electron chi connectivity index (χ0n) is 14.6. The van der Waals surface area contributed by atoms with E-state index in [1.165, 1.54) is 30.2 Å². The zero-order valence-corrected chi connectivity index (χ0v) is 15.4. The Balaban J connectivity index is 1.69. The van der Waals surface area contributed by atoms with Crippen molar-refractivity contribution < 1.29 is 4.39 Å². The van der Waals surface area contributed by atoms with Gasteiger partial charge in [0.05, 0.1) is 35.4 Å². The van der Waals surface area contributed by atoms with Crippen molar-refractivity contribution in [2.75, 3.05) is 11.5 Å². The third kappa shape index (κ3) is 3.77. The minimum Gasteiger partial charge on any atom is -0.382 e. The highest BCUT2D eigenvalue weighted by atomic mass is 32.2. The molecule has 6 nitrogen and oxygen atoms in total. The van der Waals surface area contributed by atoms with Crippen LogP contribution < -0.4 is 11.5 Å². The Morgan fingerprint density at radius 2 is 1.57 bits per heavy atom. The molecule has 8 heteroatoms. The van der Waals surface area contributed by atoms with E-state index in [9.17, 15) is 4.39 Å². The molecule has 0 fully saturated rings. The molecule has 0 spiro atoms. The second-order valence-electron chi connectivity index (χ2n) is 5.90. The van der Waals surface area contributed by atoms with Gasteiger partial charge in [-0.15, -0.1) is 0 Å². The summed E-state index contributed by atoms with van der Waals surface area (Å²) in [6, 6.07) is 12.6. The van der Waals surface area contributed by atoms with Gasteiger partial charge in [-0.2, -0.15) is 0 Å². The van der Waals surface area contributed by atoms with Crippen LogP contribution in [0.4, 0.5) is 16.0 Å². The predicted molar refractivity (Wildman–Crippen MR) is 108 cm³/mol. The van der Waals surface area contributed by atoms with Crippen molar-refractivity contribution in [3.8, 4) is 22.4 Å². The molecular weight excluding hydrogens is 375 g/mol. The van der Waals surface area contributed by atoms with Gasteiger partial charge in [-0.1, -0.05) is 48.2 Å². The van der Waals surface area contributed by atoms with Crippen LogP contribution in [-0.2, 0) is 0 Å². The molecule has 0 saturated carbocycles. The summed E-state index contributed by atoms with van der Waals surface area (Å²) in [6.45, 7) is 0. The number of halogens is 1. The van der Waals surface area contributed by atoms with Gasteiger partial charge in [0.15, 0.2) is 0 Å². The Kier molecular flexibility index (Phi) is 4.86. The monoisotopic (exact) mass is 390 g/mol. The summed E-state index contributed by atoms with van der Waals surface area (Å²) >= 11 is 1.19. The molecule has 0 aliphatic rings. The standard InChI is InChI=1S/C20H15FN6S/c21-15-3-1-2-14(20(15)28-19-11-24-9-18(23)27-19)12-4-6-13(7-5-12)16-8-26-17(22)10-25-16/h1-11H,(H2,22,26)(H2,23,27). The van der Waals surface area contributed by atoms with Crippen LogP contribution >= 0.6 is 11.8 Å². The number of rotatable bonds is 4. The molecule has 2 heterocycles. The lowest BCUT2D eigenvalue weighted by molar-refractivity contribution is 0.603. The van der Waals surface area contributed by atoms with Crippen LogP contribution in [0.5, 0.6) is 0 Å². The van der Waals surface area contributed by atoms with Gasteiger partial charge >= 0.3 is 0 Å². The third-order valence-electron chi connectivity index (χ3n) is 3.97. The maximum absolute atomic E-state index is 14.6. The van der Waals surface area contributed by atoms with Gasteiger partial charge in [0.2, 0.25) is 0 Å². The summed E-state index contributed by atoms with van der Waals surface area (Å²) in [4.78, 5) is 17.0. The van der Waals surface area contributed by atoms with Gasteiger partial charge in [0.25, 0.3) is 0 Å². The lowest BCUT2D eigenvalue weighted by Crippen LogP contribution is -1.94. The van der Waals surface area contributed by atoms with Crippen molar-refractivity contribution in [3.05, 3.63) is 73.1 Å². The van der Waals surface area contributed by atoms with Crippen LogP contribution in [0.1, 0.15) is 0 Å². The fourth-order valence-electron chi connectivity index (χ4n) is 2.66. The molecule has 138 valence electrons. The minimum absolute atomic E-state index is 0.289. The summed E-state index contributed by atoms with van der Waals surface area (Å²) in [5.74, 6) is 0.323. The van der Waals surface area contributed by atoms with Gasteiger partial charge in [-0.25, -0.2) is 14.4 Å². The number of nitrogens with zero attached hydrogens (tertiary/aromatic N) is 4. The first-order chi connectivity index (χ1) is 13.6. The van der Waals surface area contributed by atoms with Gasteiger partial charge < -0.3 is 11.5 Å².